The SMILES string of the molecule is CCCCC(O)C(C)NC(=O)C(CC(=O)O)NCCCc1ccc(OC)c(O)c1.CCc1ccc(OC)c(O)c1.c1ccccc1. The highest BCUT2D eigenvalue weighted by molar-refractivity contribution is 5.86. The molecule has 6 N–H and O–H groups in total. The van der Waals surface area contributed by atoms with Crippen molar-refractivity contribution in [2.24, 2.45) is 0 Å². The van der Waals surface area contributed by atoms with Gasteiger partial charge in [0.1, 0.15) is 0 Å². The zero-order valence-electron chi connectivity index (χ0n) is 27.7. The number of carboxylic acid groups (broad SMARTS) is 1. The maximum absolute atomic E-state index is 12.5. The lowest BCUT2D eigenvalue weighted by Gasteiger charge is -2.23. The molecule has 0 saturated carbocycles. The summed E-state index contributed by atoms with van der Waals surface area (Å²) in [6.45, 7) is 6.22. The third-order valence-corrected chi connectivity index (χ3v) is 7.09. The Kier molecular flexibility index (Phi) is 20.0. The number of aliphatic hydroxyl groups excluding tert-OH is 1. The van der Waals surface area contributed by atoms with Crippen LogP contribution in [0.2, 0.25) is 0 Å². The standard InChI is InChI=1S/C21H34N2O6.C9H12O2.C6H6/c1-4-5-8-17(24)14(2)23-21(28)16(13-20(26)27)22-11-6-7-15-9-10-19(29-3)18(25)12-15;1-3-7-4-5-9(11-2)8(10)6-7;1-2-4-6-5-3-1/h9-10,12,14,16-17,22,24-25H,4-8,11,13H2,1-3H3,(H,23,28)(H,26,27);4-6,10H,3H2,1-2H3;1-6H. The first-order valence-electron chi connectivity index (χ1n) is 15.7. The summed E-state index contributed by atoms with van der Waals surface area (Å²) in [7, 11) is 3.02. The van der Waals surface area contributed by atoms with Crippen LogP contribution in [-0.2, 0) is 22.4 Å². The van der Waals surface area contributed by atoms with Crippen LogP contribution in [0.1, 0.15) is 64.0 Å². The lowest BCUT2D eigenvalue weighted by atomic mass is 10.1. The summed E-state index contributed by atoms with van der Waals surface area (Å²) < 4.78 is 9.90. The molecule has 0 aliphatic rings. The first-order chi connectivity index (χ1) is 22.1. The van der Waals surface area contributed by atoms with E-state index in [2.05, 4.69) is 10.6 Å². The Labute approximate surface area is 273 Å². The maximum Gasteiger partial charge on any atom is 0.305 e. The maximum atomic E-state index is 12.5. The fourth-order valence-electron chi connectivity index (χ4n) is 4.32. The number of carbonyl (C=O) groups excluding carboxylic acids is 1. The molecular formula is C36H52N2O8. The summed E-state index contributed by atoms with van der Waals surface area (Å²) in [6.07, 6.45) is 3.63. The number of hydrogen-bond acceptors (Lipinski definition) is 8. The van der Waals surface area contributed by atoms with Gasteiger partial charge in [-0.3, -0.25) is 9.59 Å². The molecule has 0 saturated heterocycles. The lowest BCUT2D eigenvalue weighted by molar-refractivity contribution is -0.140. The minimum absolute atomic E-state index is 0.0664. The number of nitrogens with one attached hydrogen (secondary N) is 2. The number of aliphatic hydroxyl groups is 1. The Bertz CT molecular complexity index is 1250. The third kappa shape index (κ3) is 16.2. The second kappa shape index (κ2) is 23.1. The number of aromatic hydroxyl groups is 2. The van der Waals surface area contributed by atoms with E-state index in [-0.39, 0.29) is 17.9 Å². The number of rotatable bonds is 16. The molecule has 254 valence electrons. The van der Waals surface area contributed by atoms with E-state index in [0.29, 0.717) is 37.3 Å². The molecule has 10 heteroatoms. The molecule has 3 aromatic rings. The Balaban J connectivity index is 0.000000499. The number of phenolic OH excluding ortho intramolecular Hbond substituents is 2. The van der Waals surface area contributed by atoms with E-state index >= 15 is 0 Å². The van der Waals surface area contributed by atoms with E-state index in [9.17, 15) is 24.9 Å². The molecule has 3 aromatic carbocycles. The Hall–Kier alpha value is -4.28. The summed E-state index contributed by atoms with van der Waals surface area (Å²) in [5.74, 6) is -0.291. The average molecular weight is 641 g/mol. The highest BCUT2D eigenvalue weighted by Gasteiger charge is 2.24. The number of benzene rings is 3. The molecule has 10 nitrogen and oxygen atoms in total. The van der Waals surface area contributed by atoms with E-state index < -0.39 is 30.1 Å². The molecule has 1 amide bonds. The molecule has 0 aliphatic heterocycles. The number of amides is 1. The molecule has 0 heterocycles. The van der Waals surface area contributed by atoms with Crippen LogP contribution in [-0.4, -0.2) is 71.3 Å². The smallest absolute Gasteiger partial charge is 0.305 e. The van der Waals surface area contributed by atoms with Crippen LogP contribution in [0.25, 0.3) is 0 Å². The van der Waals surface area contributed by atoms with Gasteiger partial charge in [0, 0.05) is 0 Å². The van der Waals surface area contributed by atoms with Gasteiger partial charge in [0.15, 0.2) is 23.0 Å². The van der Waals surface area contributed by atoms with Crippen LogP contribution in [0.4, 0.5) is 0 Å². The van der Waals surface area contributed by atoms with Crippen molar-refractivity contribution in [1.82, 2.24) is 10.6 Å². The van der Waals surface area contributed by atoms with Crippen LogP contribution >= 0.6 is 0 Å². The molecule has 46 heavy (non-hydrogen) atoms. The van der Waals surface area contributed by atoms with Gasteiger partial charge in [-0.2, -0.15) is 0 Å². The lowest BCUT2D eigenvalue weighted by Crippen LogP contribution is -2.51. The number of phenols is 2. The predicted molar refractivity (Wildman–Crippen MR) is 181 cm³/mol. The normalized spacial score (nSPS) is 12.2. The molecule has 0 bridgehead atoms. The van der Waals surface area contributed by atoms with Gasteiger partial charge >= 0.3 is 5.97 Å². The van der Waals surface area contributed by atoms with Gasteiger partial charge in [0.25, 0.3) is 0 Å². The van der Waals surface area contributed by atoms with Crippen LogP contribution in [0.15, 0.2) is 72.8 Å². The van der Waals surface area contributed by atoms with Crippen molar-refractivity contribution >= 4 is 11.9 Å². The van der Waals surface area contributed by atoms with Gasteiger partial charge in [0.05, 0.1) is 38.8 Å². The minimum atomic E-state index is -1.07. The fourth-order valence-corrected chi connectivity index (χ4v) is 4.32. The Morgan fingerprint density at radius 1 is 0.826 bits per heavy atom. The van der Waals surface area contributed by atoms with E-state index in [0.717, 1.165) is 30.4 Å². The van der Waals surface area contributed by atoms with Gasteiger partial charge in [0.2, 0.25) is 5.91 Å². The number of unbranched alkanes of at least 4 members (excludes halogenated alkanes) is 1. The van der Waals surface area contributed by atoms with Crippen LogP contribution in [0, 0.1) is 0 Å². The zero-order chi connectivity index (χ0) is 34.3. The first kappa shape index (κ1) is 39.7. The van der Waals surface area contributed by atoms with E-state index in [4.69, 9.17) is 14.6 Å². The molecular weight excluding hydrogens is 588 g/mol. The number of carbonyl (C=O) groups is 2. The minimum Gasteiger partial charge on any atom is -0.504 e. The molecule has 0 fully saturated rings. The van der Waals surface area contributed by atoms with Crippen molar-refractivity contribution in [3.63, 3.8) is 0 Å². The summed E-state index contributed by atoms with van der Waals surface area (Å²) in [5, 5.41) is 44.0. The second-order valence-corrected chi connectivity index (χ2v) is 10.7. The van der Waals surface area contributed by atoms with Crippen LogP contribution < -0.4 is 20.1 Å². The van der Waals surface area contributed by atoms with Gasteiger partial charge in [-0.15, -0.1) is 0 Å². The highest BCUT2D eigenvalue weighted by atomic mass is 16.5. The topological polar surface area (TPSA) is 158 Å². The number of aliphatic carboxylic acids is 1. The van der Waals surface area contributed by atoms with Gasteiger partial charge in [-0.1, -0.05) is 75.2 Å². The largest absolute Gasteiger partial charge is 0.504 e. The second-order valence-electron chi connectivity index (χ2n) is 10.7. The van der Waals surface area contributed by atoms with Crippen molar-refractivity contribution in [2.75, 3.05) is 20.8 Å². The van der Waals surface area contributed by atoms with Crippen LogP contribution in [0.3, 0.4) is 0 Å². The number of aryl methyl sites for hydroxylation is 2. The Morgan fingerprint density at radius 3 is 1.80 bits per heavy atom. The molecule has 3 atom stereocenters. The van der Waals surface area contributed by atoms with Crippen LogP contribution in [0.5, 0.6) is 23.0 Å². The van der Waals surface area contributed by atoms with Gasteiger partial charge in [-0.25, -0.2) is 0 Å². The van der Waals surface area contributed by atoms with Gasteiger partial charge < -0.3 is 40.5 Å². The van der Waals surface area contributed by atoms with Gasteiger partial charge in [-0.05, 0) is 74.5 Å². The van der Waals surface area contributed by atoms with Crippen molar-refractivity contribution in [3.05, 3.63) is 83.9 Å². The monoisotopic (exact) mass is 640 g/mol. The molecule has 0 spiro atoms. The molecule has 0 radical (unpaired) electrons. The zero-order valence-corrected chi connectivity index (χ0v) is 27.7. The molecule has 0 aromatic heterocycles. The van der Waals surface area contributed by atoms with Crippen molar-refractivity contribution in [1.29, 1.82) is 0 Å². The molecule has 0 aliphatic carbocycles. The van der Waals surface area contributed by atoms with E-state index in [1.165, 1.54) is 7.11 Å². The highest BCUT2D eigenvalue weighted by Crippen LogP contribution is 2.27. The summed E-state index contributed by atoms with van der Waals surface area (Å²) in [6, 6.07) is 21.3. The molecule has 3 rings (SSSR count). The quantitative estimate of drug-likeness (QED) is 0.112. The van der Waals surface area contributed by atoms with E-state index in [1.54, 1.807) is 38.3 Å². The average Bonchev–Trinajstić information content (AvgIpc) is 3.06. The summed E-state index contributed by atoms with van der Waals surface area (Å²) in [4.78, 5) is 23.6. The van der Waals surface area contributed by atoms with Crippen molar-refractivity contribution in [2.45, 2.75) is 83.9 Å². The first-order valence-corrected chi connectivity index (χ1v) is 15.7. The van der Waals surface area contributed by atoms with E-state index in [1.807, 2.05) is 62.4 Å². The molecule has 3 unspecified atom stereocenters. The summed E-state index contributed by atoms with van der Waals surface area (Å²) in [5.41, 5.74) is 2.03. The fraction of sp³-hybridized carbons (Fsp3) is 0.444. The number of hydrogen-bond donors (Lipinski definition) is 6. The predicted octanol–water partition coefficient (Wildman–Crippen LogP) is 5.47. The van der Waals surface area contributed by atoms with Crippen molar-refractivity contribution in [3.8, 4) is 23.0 Å². The number of methoxy groups -OCH3 is 2. The number of ether oxygens (including phenoxy) is 2. The Morgan fingerprint density at radius 2 is 1.35 bits per heavy atom. The van der Waals surface area contributed by atoms with Crippen molar-refractivity contribution < 1.29 is 39.5 Å². The number of carboxylic acids is 1. The summed E-state index contributed by atoms with van der Waals surface area (Å²) >= 11 is 0. The third-order valence-electron chi connectivity index (χ3n) is 7.09.